The molecule has 0 unspecified atom stereocenters. The van der Waals surface area contributed by atoms with Gasteiger partial charge in [0.1, 0.15) is 13.5 Å². The largest absolute Gasteiger partial charge is 0.377 e. The zero-order valence-corrected chi connectivity index (χ0v) is 7.95. The lowest BCUT2D eigenvalue weighted by molar-refractivity contribution is -0.124. The van der Waals surface area contributed by atoms with E-state index in [1.165, 1.54) is 0 Å². The van der Waals surface area contributed by atoms with Gasteiger partial charge in [-0.15, -0.1) is 0 Å². The molecule has 2 amide bonds. The van der Waals surface area contributed by atoms with Crippen LogP contribution in [0.4, 0.5) is 0 Å². The summed E-state index contributed by atoms with van der Waals surface area (Å²) in [6.07, 6.45) is 1.77. The number of nitrogens with one attached hydrogen (secondary N) is 2. The number of unbranched alkanes of at least 4 members (excludes halogenated alkanes) is 1. The van der Waals surface area contributed by atoms with Crippen LogP contribution in [0.25, 0.3) is 0 Å². The number of carbonyl (C=O) groups is 2. The number of hydrogen-bond acceptors (Lipinski definition) is 4. The van der Waals surface area contributed by atoms with Crippen molar-refractivity contribution >= 4 is 11.8 Å². The Morgan fingerprint density at radius 1 is 0.857 bits per heavy atom. The Morgan fingerprint density at radius 2 is 1.21 bits per heavy atom. The fraction of sp³-hybridized carbons (Fsp3) is 0.750. The van der Waals surface area contributed by atoms with Crippen LogP contribution in [0.3, 0.4) is 0 Å². The maximum Gasteiger partial charge on any atom is 0.221 e. The molecule has 0 heterocycles. The third-order valence-corrected chi connectivity index (χ3v) is 1.61. The van der Waals surface area contributed by atoms with Crippen LogP contribution in [-0.4, -0.2) is 35.5 Å². The molecule has 4 N–H and O–H groups in total. The van der Waals surface area contributed by atoms with Gasteiger partial charge in [-0.05, 0) is 12.8 Å². The molecule has 0 spiro atoms. The van der Waals surface area contributed by atoms with E-state index < -0.39 is 0 Å². The minimum Gasteiger partial charge on any atom is -0.377 e. The van der Waals surface area contributed by atoms with E-state index in [0.29, 0.717) is 25.7 Å². The molecule has 0 aromatic carbocycles. The Morgan fingerprint density at radius 3 is 1.50 bits per heavy atom. The third kappa shape index (κ3) is 7.51. The predicted molar refractivity (Wildman–Crippen MR) is 48.9 cm³/mol. The molecule has 0 radical (unpaired) electrons. The zero-order chi connectivity index (χ0) is 10.8. The molecular weight excluding hydrogens is 188 g/mol. The van der Waals surface area contributed by atoms with Gasteiger partial charge in [-0.25, -0.2) is 0 Å². The van der Waals surface area contributed by atoms with Crippen LogP contribution in [0.1, 0.15) is 25.7 Å². The third-order valence-electron chi connectivity index (χ3n) is 1.61. The molecule has 0 aliphatic rings. The maximum absolute atomic E-state index is 10.8. The summed E-state index contributed by atoms with van der Waals surface area (Å²) < 4.78 is 0. The Bertz CT molecular complexity index is 164. The Balaban J connectivity index is 3.28. The molecule has 0 aromatic heterocycles. The number of rotatable bonds is 7. The van der Waals surface area contributed by atoms with Crippen molar-refractivity contribution < 1.29 is 19.8 Å². The van der Waals surface area contributed by atoms with E-state index >= 15 is 0 Å². The van der Waals surface area contributed by atoms with Crippen LogP contribution in [0, 0.1) is 0 Å². The molecule has 0 aromatic rings. The summed E-state index contributed by atoms with van der Waals surface area (Å²) in [5.74, 6) is -0.454. The Kier molecular flexibility index (Phi) is 7.77. The Labute approximate surface area is 82.3 Å². The van der Waals surface area contributed by atoms with E-state index in [2.05, 4.69) is 10.6 Å². The van der Waals surface area contributed by atoms with Crippen molar-refractivity contribution in [3.63, 3.8) is 0 Å². The summed E-state index contributed by atoms with van der Waals surface area (Å²) in [5, 5.41) is 21.1. The first-order valence-corrected chi connectivity index (χ1v) is 4.45. The van der Waals surface area contributed by atoms with Gasteiger partial charge in [0.15, 0.2) is 0 Å². The van der Waals surface area contributed by atoms with E-state index in [0.717, 1.165) is 0 Å². The number of carbonyl (C=O) groups excluding carboxylic acids is 2. The highest BCUT2D eigenvalue weighted by Crippen LogP contribution is 1.99. The van der Waals surface area contributed by atoms with Crippen LogP contribution in [-0.2, 0) is 9.59 Å². The van der Waals surface area contributed by atoms with Gasteiger partial charge in [-0.1, -0.05) is 0 Å². The molecule has 0 saturated heterocycles. The second kappa shape index (κ2) is 8.46. The first-order chi connectivity index (χ1) is 6.70. The second-order valence-corrected chi connectivity index (χ2v) is 2.72. The first-order valence-electron chi connectivity index (χ1n) is 4.45. The molecule has 0 atom stereocenters. The van der Waals surface area contributed by atoms with Gasteiger partial charge < -0.3 is 20.8 Å². The van der Waals surface area contributed by atoms with Gasteiger partial charge in [0.05, 0.1) is 0 Å². The van der Waals surface area contributed by atoms with Gasteiger partial charge >= 0.3 is 0 Å². The molecule has 6 heteroatoms. The van der Waals surface area contributed by atoms with Gasteiger partial charge in [-0.3, -0.25) is 9.59 Å². The van der Waals surface area contributed by atoms with Gasteiger partial charge in [0.2, 0.25) is 11.8 Å². The smallest absolute Gasteiger partial charge is 0.221 e. The van der Waals surface area contributed by atoms with Crippen molar-refractivity contribution in [2.24, 2.45) is 0 Å². The van der Waals surface area contributed by atoms with Gasteiger partial charge in [-0.2, -0.15) is 0 Å². The summed E-state index contributed by atoms with van der Waals surface area (Å²) in [6.45, 7) is -0.715. The van der Waals surface area contributed by atoms with Crippen molar-refractivity contribution in [1.29, 1.82) is 0 Å². The standard InChI is InChI=1S/C8H16N2O4/c11-5-9-7(13)3-1-2-4-8(14)10-6-12/h11-12H,1-6H2,(H,9,13)(H,10,14). The lowest BCUT2D eigenvalue weighted by Crippen LogP contribution is -2.25. The molecule has 0 aliphatic carbocycles. The number of amides is 2. The fourth-order valence-electron chi connectivity index (χ4n) is 0.924. The van der Waals surface area contributed by atoms with Gasteiger partial charge in [0.25, 0.3) is 0 Å². The summed E-state index contributed by atoms with van der Waals surface area (Å²) in [4.78, 5) is 21.6. The van der Waals surface area contributed by atoms with Crippen LogP contribution in [0.5, 0.6) is 0 Å². The van der Waals surface area contributed by atoms with Crippen molar-refractivity contribution in [2.45, 2.75) is 25.7 Å². The second-order valence-electron chi connectivity index (χ2n) is 2.72. The molecule has 6 nitrogen and oxygen atoms in total. The highest BCUT2D eigenvalue weighted by atomic mass is 16.3. The topological polar surface area (TPSA) is 98.7 Å². The predicted octanol–water partition coefficient (Wildman–Crippen LogP) is -1.32. The SMILES string of the molecule is O=C(CCCCC(=O)NCO)NCO. The summed E-state index contributed by atoms with van der Waals surface area (Å²) >= 11 is 0. The van der Waals surface area contributed by atoms with Crippen LogP contribution in [0.2, 0.25) is 0 Å². The zero-order valence-electron chi connectivity index (χ0n) is 7.95. The van der Waals surface area contributed by atoms with E-state index in [1.807, 2.05) is 0 Å². The van der Waals surface area contributed by atoms with Crippen LogP contribution in [0.15, 0.2) is 0 Å². The molecule has 0 saturated carbocycles. The van der Waals surface area contributed by atoms with Crippen molar-refractivity contribution in [3.05, 3.63) is 0 Å². The van der Waals surface area contributed by atoms with Crippen molar-refractivity contribution in [2.75, 3.05) is 13.5 Å². The maximum atomic E-state index is 10.8. The highest BCUT2D eigenvalue weighted by Gasteiger charge is 2.02. The monoisotopic (exact) mass is 204 g/mol. The minimum atomic E-state index is -0.357. The molecule has 0 fully saturated rings. The van der Waals surface area contributed by atoms with E-state index in [9.17, 15) is 9.59 Å². The summed E-state index contributed by atoms with van der Waals surface area (Å²) in [6, 6.07) is 0. The lowest BCUT2D eigenvalue weighted by atomic mass is 10.2. The Hall–Kier alpha value is -1.14. The lowest BCUT2D eigenvalue weighted by Gasteiger charge is -2.02. The number of aliphatic hydroxyl groups excluding tert-OH is 2. The highest BCUT2D eigenvalue weighted by molar-refractivity contribution is 5.76. The molecule has 0 bridgehead atoms. The van der Waals surface area contributed by atoms with E-state index in [-0.39, 0.29) is 25.3 Å². The van der Waals surface area contributed by atoms with Gasteiger partial charge in [0, 0.05) is 12.8 Å². The molecular formula is C8H16N2O4. The summed E-state index contributed by atoms with van der Waals surface area (Å²) in [5.41, 5.74) is 0. The van der Waals surface area contributed by atoms with Crippen LogP contribution < -0.4 is 10.6 Å². The average Bonchev–Trinajstić information content (AvgIpc) is 2.13. The van der Waals surface area contributed by atoms with E-state index in [4.69, 9.17) is 10.2 Å². The normalized spacial score (nSPS) is 9.57. The fourth-order valence-corrected chi connectivity index (χ4v) is 0.924. The number of aliphatic hydroxyl groups is 2. The molecule has 82 valence electrons. The molecule has 0 rings (SSSR count). The van der Waals surface area contributed by atoms with Crippen molar-refractivity contribution in [1.82, 2.24) is 10.6 Å². The molecule has 14 heavy (non-hydrogen) atoms. The van der Waals surface area contributed by atoms with Crippen molar-refractivity contribution in [3.8, 4) is 0 Å². The molecule has 0 aliphatic heterocycles. The number of hydrogen-bond donors (Lipinski definition) is 4. The quantitative estimate of drug-likeness (QED) is 0.305. The van der Waals surface area contributed by atoms with Crippen LogP contribution >= 0.6 is 0 Å². The minimum absolute atomic E-state index is 0.227. The van der Waals surface area contributed by atoms with E-state index in [1.54, 1.807) is 0 Å². The first kappa shape index (κ1) is 12.9. The summed E-state index contributed by atoms with van der Waals surface area (Å²) in [7, 11) is 0. The average molecular weight is 204 g/mol.